The summed E-state index contributed by atoms with van der Waals surface area (Å²) in [7, 11) is 0. The number of carbonyl (C=O) groups is 2. The van der Waals surface area contributed by atoms with Crippen LogP contribution in [0.2, 0.25) is 0 Å². The van der Waals surface area contributed by atoms with Gasteiger partial charge in [0.05, 0.1) is 24.0 Å². The summed E-state index contributed by atoms with van der Waals surface area (Å²) in [5.41, 5.74) is 5.34. The average Bonchev–Trinajstić information content (AvgIpc) is 3.08. The number of nitrogens with one attached hydrogen (secondary N) is 1. The number of piperazine rings is 1. The topological polar surface area (TPSA) is 55.9 Å². The number of ketones is 1. The molecule has 1 aliphatic carbocycles. The van der Waals surface area contributed by atoms with Crippen molar-refractivity contribution in [1.82, 2.24) is 4.90 Å². The van der Waals surface area contributed by atoms with E-state index in [1.807, 2.05) is 47.4 Å². The van der Waals surface area contributed by atoms with Gasteiger partial charge >= 0.3 is 0 Å². The Bertz CT molecular complexity index is 1440. The quantitative estimate of drug-likeness (QED) is 0.456. The van der Waals surface area contributed by atoms with Crippen LogP contribution in [0.25, 0.3) is 0 Å². The zero-order valence-corrected chi connectivity index (χ0v) is 23.1. The van der Waals surface area contributed by atoms with Crippen molar-refractivity contribution in [2.75, 3.05) is 47.8 Å². The maximum Gasteiger partial charge on any atom is 0.242 e. The van der Waals surface area contributed by atoms with Crippen molar-refractivity contribution in [2.45, 2.75) is 32.7 Å². The molecule has 1 fully saturated rings. The number of Topliss-reactive ketones (excluding diaryl/α,β-unsaturated/α-hetero) is 1. The highest BCUT2D eigenvalue weighted by Crippen LogP contribution is 2.48. The van der Waals surface area contributed by atoms with Gasteiger partial charge in [-0.1, -0.05) is 56.3 Å². The first-order valence-corrected chi connectivity index (χ1v) is 14.0. The number of allylic oxidation sites excluding steroid dienone is 1. The fourth-order valence-corrected chi connectivity index (χ4v) is 6.32. The van der Waals surface area contributed by atoms with Crippen LogP contribution in [-0.4, -0.2) is 49.3 Å². The number of nitrogens with zero attached hydrogens (tertiary/aromatic N) is 3. The molecule has 3 aromatic rings. The van der Waals surface area contributed by atoms with Crippen LogP contribution in [0.1, 0.15) is 38.3 Å². The largest absolute Gasteiger partial charge is 0.368 e. The second-order valence-electron chi connectivity index (χ2n) is 11.8. The molecule has 6 rings (SSSR count). The van der Waals surface area contributed by atoms with Gasteiger partial charge in [-0.15, -0.1) is 0 Å². The summed E-state index contributed by atoms with van der Waals surface area (Å²) in [5, 5.41) is 3.62. The number of amides is 1. The van der Waals surface area contributed by atoms with Crippen molar-refractivity contribution in [1.29, 1.82) is 0 Å². The Hall–Kier alpha value is -4.13. The number of hydrogen-bond donors (Lipinski definition) is 1. The van der Waals surface area contributed by atoms with E-state index in [1.54, 1.807) is 12.1 Å². The van der Waals surface area contributed by atoms with E-state index in [4.69, 9.17) is 0 Å². The number of halogens is 1. The summed E-state index contributed by atoms with van der Waals surface area (Å²) < 4.78 is 13.4. The molecule has 0 spiro atoms. The van der Waals surface area contributed by atoms with Gasteiger partial charge in [-0.3, -0.25) is 9.59 Å². The van der Waals surface area contributed by atoms with Crippen molar-refractivity contribution in [2.24, 2.45) is 5.41 Å². The van der Waals surface area contributed by atoms with Crippen molar-refractivity contribution < 1.29 is 14.0 Å². The maximum atomic E-state index is 13.9. The van der Waals surface area contributed by atoms with Crippen LogP contribution in [0.4, 0.5) is 21.5 Å². The van der Waals surface area contributed by atoms with E-state index >= 15 is 0 Å². The minimum absolute atomic E-state index is 0.0297. The Balaban J connectivity index is 1.32. The number of anilines is 3. The summed E-state index contributed by atoms with van der Waals surface area (Å²) in [6.45, 7) is 6.96. The van der Waals surface area contributed by atoms with Gasteiger partial charge in [0.15, 0.2) is 5.78 Å². The number of carbonyl (C=O) groups excluding carboxylic acids is 2. The summed E-state index contributed by atoms with van der Waals surface area (Å²) >= 11 is 0. The van der Waals surface area contributed by atoms with Crippen molar-refractivity contribution in [3.8, 4) is 0 Å². The molecular weight excluding hydrogens is 503 g/mol. The minimum atomic E-state index is -0.375. The molecule has 3 aromatic carbocycles. The van der Waals surface area contributed by atoms with Crippen molar-refractivity contribution >= 4 is 28.8 Å². The monoisotopic (exact) mass is 538 g/mol. The predicted molar refractivity (Wildman–Crippen MR) is 157 cm³/mol. The number of benzene rings is 3. The van der Waals surface area contributed by atoms with Crippen LogP contribution in [-0.2, 0) is 9.59 Å². The van der Waals surface area contributed by atoms with Gasteiger partial charge in [-0.05, 0) is 53.8 Å². The lowest BCUT2D eigenvalue weighted by Gasteiger charge is -2.40. The fraction of sp³-hybridized carbons (Fsp3) is 0.333. The van der Waals surface area contributed by atoms with Gasteiger partial charge in [0, 0.05) is 49.6 Å². The third-order valence-corrected chi connectivity index (χ3v) is 8.25. The summed E-state index contributed by atoms with van der Waals surface area (Å²) in [6.07, 6.45) is 1.24. The maximum absolute atomic E-state index is 13.9. The van der Waals surface area contributed by atoms with Crippen LogP contribution in [0.5, 0.6) is 0 Å². The van der Waals surface area contributed by atoms with E-state index in [2.05, 4.69) is 41.1 Å². The fourth-order valence-electron chi connectivity index (χ4n) is 6.32. The lowest BCUT2D eigenvalue weighted by Crippen LogP contribution is -2.52. The zero-order valence-electron chi connectivity index (χ0n) is 23.1. The zero-order chi connectivity index (χ0) is 27.9. The molecule has 1 saturated heterocycles. The van der Waals surface area contributed by atoms with E-state index in [-0.39, 0.29) is 35.5 Å². The molecular formula is C33H35FN4O2. The molecule has 1 amide bonds. The van der Waals surface area contributed by atoms with Gasteiger partial charge < -0.3 is 20.0 Å². The first-order valence-electron chi connectivity index (χ1n) is 14.0. The SMILES string of the molecule is CC1(C)CC(=O)C2=C(C1)Nc1ccccc1N(CC(=O)N1CCN(c3ccc(F)cc3)CC1)C2c1ccccc1. The molecule has 1 unspecified atom stereocenters. The van der Waals surface area contributed by atoms with E-state index in [0.29, 0.717) is 32.6 Å². The summed E-state index contributed by atoms with van der Waals surface area (Å²) in [4.78, 5) is 33.9. The Morgan fingerprint density at radius 1 is 0.900 bits per heavy atom. The Kier molecular flexibility index (Phi) is 6.82. The van der Waals surface area contributed by atoms with Crippen LogP contribution >= 0.6 is 0 Å². The second kappa shape index (κ2) is 10.5. The molecule has 3 aliphatic rings. The van der Waals surface area contributed by atoms with Crippen LogP contribution in [0, 0.1) is 11.2 Å². The normalized spacial score (nSPS) is 20.4. The standard InChI is InChI=1S/C33H35FN4O2/c1-33(2)20-27-31(29(39)21-33)32(23-8-4-3-5-9-23)38(28-11-7-6-10-26(28)35-27)22-30(40)37-18-16-36(17-19-37)25-14-12-24(34)13-15-25/h3-15,32,35H,16-22H2,1-2H3. The van der Waals surface area contributed by atoms with E-state index in [9.17, 15) is 14.0 Å². The Morgan fingerprint density at radius 2 is 1.57 bits per heavy atom. The molecule has 2 heterocycles. The minimum Gasteiger partial charge on any atom is -0.368 e. The third kappa shape index (κ3) is 5.08. The van der Waals surface area contributed by atoms with E-state index in [0.717, 1.165) is 40.3 Å². The van der Waals surface area contributed by atoms with Gasteiger partial charge in [-0.25, -0.2) is 4.39 Å². The van der Waals surface area contributed by atoms with Gasteiger partial charge in [0.1, 0.15) is 5.82 Å². The number of fused-ring (bicyclic) bond motifs is 1. The highest BCUT2D eigenvalue weighted by atomic mass is 19.1. The molecule has 7 heteroatoms. The molecule has 1 N–H and O–H groups in total. The number of para-hydroxylation sites is 2. The Labute approximate surface area is 235 Å². The average molecular weight is 539 g/mol. The van der Waals surface area contributed by atoms with Crippen LogP contribution < -0.4 is 15.1 Å². The summed E-state index contributed by atoms with van der Waals surface area (Å²) in [6, 6.07) is 24.2. The first-order chi connectivity index (χ1) is 19.3. The van der Waals surface area contributed by atoms with Gasteiger partial charge in [0.25, 0.3) is 0 Å². The molecule has 0 saturated carbocycles. The van der Waals surface area contributed by atoms with Crippen LogP contribution in [0.3, 0.4) is 0 Å². The van der Waals surface area contributed by atoms with Gasteiger partial charge in [-0.2, -0.15) is 0 Å². The second-order valence-corrected chi connectivity index (χ2v) is 11.8. The van der Waals surface area contributed by atoms with E-state index in [1.165, 1.54) is 12.1 Å². The van der Waals surface area contributed by atoms with Crippen molar-refractivity contribution in [3.05, 3.63) is 102 Å². The summed E-state index contributed by atoms with van der Waals surface area (Å²) in [5.74, 6) is -0.0936. The highest BCUT2D eigenvalue weighted by molar-refractivity contribution is 6.01. The predicted octanol–water partition coefficient (Wildman–Crippen LogP) is 5.79. The third-order valence-electron chi connectivity index (χ3n) is 8.25. The highest BCUT2D eigenvalue weighted by Gasteiger charge is 2.42. The molecule has 0 bridgehead atoms. The lowest BCUT2D eigenvalue weighted by atomic mass is 9.73. The molecule has 206 valence electrons. The molecule has 1 atom stereocenters. The molecule has 6 nitrogen and oxygen atoms in total. The van der Waals surface area contributed by atoms with Gasteiger partial charge in [0.2, 0.25) is 5.91 Å². The Morgan fingerprint density at radius 3 is 2.30 bits per heavy atom. The number of rotatable bonds is 4. The molecule has 0 aromatic heterocycles. The first kappa shape index (κ1) is 26.1. The van der Waals surface area contributed by atoms with Crippen molar-refractivity contribution in [3.63, 3.8) is 0 Å². The molecule has 0 radical (unpaired) electrons. The van der Waals surface area contributed by atoms with Crippen LogP contribution in [0.15, 0.2) is 90.1 Å². The molecule has 40 heavy (non-hydrogen) atoms. The lowest BCUT2D eigenvalue weighted by molar-refractivity contribution is -0.130. The molecule has 2 aliphatic heterocycles. The van der Waals surface area contributed by atoms with E-state index < -0.39 is 0 Å². The number of hydrogen-bond acceptors (Lipinski definition) is 5. The smallest absolute Gasteiger partial charge is 0.242 e.